The van der Waals surface area contributed by atoms with Crippen LogP contribution in [-0.4, -0.2) is 35.1 Å². The Labute approximate surface area is 111 Å². The van der Waals surface area contributed by atoms with Gasteiger partial charge in [-0.05, 0) is 19.9 Å². The first kappa shape index (κ1) is 14.7. The highest BCUT2D eigenvalue weighted by atomic mass is 32.1. The molecule has 3 N–H and O–H groups in total. The number of primary amides is 1. The largest absolute Gasteiger partial charge is 0.384 e. The molecular weight excluding hydrogens is 248 g/mol. The molecule has 5 heteroatoms. The molecule has 0 unspecified atom stereocenters. The van der Waals surface area contributed by atoms with E-state index < -0.39 is 0 Å². The van der Waals surface area contributed by atoms with E-state index in [1.165, 1.54) is 0 Å². The zero-order valence-electron chi connectivity index (χ0n) is 10.6. The molecule has 0 aliphatic rings. The highest BCUT2D eigenvalue weighted by Crippen LogP contribution is 2.17. The second-order valence-electron chi connectivity index (χ2n) is 4.23. The van der Waals surface area contributed by atoms with Crippen LogP contribution in [0, 0.1) is 11.8 Å². The van der Waals surface area contributed by atoms with E-state index in [0.29, 0.717) is 6.54 Å². The first-order valence-electron chi connectivity index (χ1n) is 5.72. The van der Waals surface area contributed by atoms with Crippen LogP contribution in [0.3, 0.4) is 0 Å². The van der Waals surface area contributed by atoms with Gasteiger partial charge in [-0.2, -0.15) is 0 Å². The van der Waals surface area contributed by atoms with E-state index in [1.54, 1.807) is 11.3 Å². The van der Waals surface area contributed by atoms with Crippen LogP contribution in [0.15, 0.2) is 11.4 Å². The van der Waals surface area contributed by atoms with Crippen molar-refractivity contribution in [3.8, 4) is 11.8 Å². The lowest BCUT2D eigenvalue weighted by Gasteiger charge is -2.24. The number of amides is 1. The number of thiophene rings is 1. The summed E-state index contributed by atoms with van der Waals surface area (Å²) in [4.78, 5) is 14.1. The van der Waals surface area contributed by atoms with E-state index in [-0.39, 0.29) is 25.1 Å². The van der Waals surface area contributed by atoms with Crippen molar-refractivity contribution >= 4 is 17.2 Å². The van der Waals surface area contributed by atoms with Crippen LogP contribution < -0.4 is 5.73 Å². The van der Waals surface area contributed by atoms with Crippen molar-refractivity contribution in [1.82, 2.24) is 4.90 Å². The number of rotatable bonds is 5. The Bertz CT molecular complexity index is 457. The van der Waals surface area contributed by atoms with Crippen molar-refractivity contribution in [2.75, 3.05) is 13.2 Å². The van der Waals surface area contributed by atoms with Gasteiger partial charge in [0, 0.05) is 28.4 Å². The smallest absolute Gasteiger partial charge is 0.231 e. The van der Waals surface area contributed by atoms with E-state index in [0.717, 1.165) is 10.4 Å². The molecule has 0 aliphatic heterocycles. The van der Waals surface area contributed by atoms with Crippen molar-refractivity contribution < 1.29 is 9.90 Å². The van der Waals surface area contributed by atoms with Gasteiger partial charge in [0.15, 0.2) is 0 Å². The first-order chi connectivity index (χ1) is 8.52. The maximum Gasteiger partial charge on any atom is 0.231 e. The van der Waals surface area contributed by atoms with Gasteiger partial charge in [-0.25, -0.2) is 0 Å². The Hall–Kier alpha value is -1.35. The van der Waals surface area contributed by atoms with Crippen LogP contribution in [0.1, 0.15) is 24.3 Å². The van der Waals surface area contributed by atoms with Crippen molar-refractivity contribution in [3.05, 3.63) is 21.9 Å². The Morgan fingerprint density at radius 3 is 2.89 bits per heavy atom. The molecule has 0 aliphatic carbocycles. The number of nitrogens with zero attached hydrogens (tertiary/aromatic N) is 1. The Balaban J connectivity index is 2.69. The van der Waals surface area contributed by atoms with Crippen LogP contribution in [0.5, 0.6) is 0 Å². The summed E-state index contributed by atoms with van der Waals surface area (Å²) in [7, 11) is 0. The molecule has 1 aromatic heterocycles. The zero-order valence-corrected chi connectivity index (χ0v) is 11.5. The van der Waals surface area contributed by atoms with E-state index in [2.05, 4.69) is 11.8 Å². The minimum absolute atomic E-state index is 0.134. The molecule has 1 rings (SSSR count). The predicted octanol–water partition coefficient (Wildman–Crippen LogP) is 0.788. The molecule has 0 spiro atoms. The summed E-state index contributed by atoms with van der Waals surface area (Å²) in [5.74, 6) is 5.15. The molecule has 0 fully saturated rings. The average Bonchev–Trinajstić information content (AvgIpc) is 2.72. The first-order valence-corrected chi connectivity index (χ1v) is 6.60. The third-order valence-electron chi connectivity index (χ3n) is 2.41. The van der Waals surface area contributed by atoms with E-state index >= 15 is 0 Å². The monoisotopic (exact) mass is 266 g/mol. The molecule has 0 bridgehead atoms. The van der Waals surface area contributed by atoms with Crippen LogP contribution >= 0.6 is 11.3 Å². The second-order valence-corrected chi connectivity index (χ2v) is 5.22. The number of aliphatic hydroxyl groups is 1. The quantitative estimate of drug-likeness (QED) is 0.774. The fourth-order valence-electron chi connectivity index (χ4n) is 1.49. The van der Waals surface area contributed by atoms with Crippen molar-refractivity contribution in [2.45, 2.75) is 26.4 Å². The average molecular weight is 266 g/mol. The maximum atomic E-state index is 11.0. The van der Waals surface area contributed by atoms with Gasteiger partial charge in [-0.1, -0.05) is 11.8 Å². The molecule has 98 valence electrons. The van der Waals surface area contributed by atoms with Gasteiger partial charge in [0.1, 0.15) is 6.61 Å². The van der Waals surface area contributed by atoms with Crippen molar-refractivity contribution in [1.29, 1.82) is 0 Å². The number of aliphatic hydroxyl groups excluding tert-OH is 1. The number of hydrogen-bond acceptors (Lipinski definition) is 4. The van der Waals surface area contributed by atoms with Crippen molar-refractivity contribution in [3.63, 3.8) is 0 Å². The fourth-order valence-corrected chi connectivity index (χ4v) is 2.33. The molecule has 1 amide bonds. The summed E-state index contributed by atoms with van der Waals surface area (Å²) in [5.41, 5.74) is 6.12. The Morgan fingerprint density at radius 2 is 2.33 bits per heavy atom. The third kappa shape index (κ3) is 4.88. The lowest BCUT2D eigenvalue weighted by Crippen LogP contribution is -2.37. The number of carbonyl (C=O) groups is 1. The summed E-state index contributed by atoms with van der Waals surface area (Å²) in [5, 5.41) is 10.6. The lowest BCUT2D eigenvalue weighted by molar-refractivity contribution is -0.119. The molecule has 0 saturated heterocycles. The van der Waals surface area contributed by atoms with Gasteiger partial charge in [0.05, 0.1) is 6.54 Å². The summed E-state index contributed by atoms with van der Waals surface area (Å²) in [6.07, 6.45) is 0. The molecule has 0 radical (unpaired) electrons. The highest BCUT2D eigenvalue weighted by molar-refractivity contribution is 7.10. The van der Waals surface area contributed by atoms with Gasteiger partial charge in [0.2, 0.25) is 5.91 Å². The molecular formula is C13H18N2O2S. The standard InChI is InChI=1S/C13H18N2O2S/c1-10(2)15(8-13(14)17)7-12-6-11(9-18-12)4-3-5-16/h6,9-10,16H,5,7-8H2,1-2H3,(H2,14,17). The third-order valence-corrected chi connectivity index (χ3v) is 3.34. The van der Waals surface area contributed by atoms with Gasteiger partial charge >= 0.3 is 0 Å². The van der Waals surface area contributed by atoms with E-state index in [4.69, 9.17) is 10.8 Å². The number of hydrogen-bond donors (Lipinski definition) is 2. The minimum Gasteiger partial charge on any atom is -0.384 e. The van der Waals surface area contributed by atoms with Crippen LogP contribution in [0.2, 0.25) is 0 Å². The Kier molecular flexibility index (Phi) is 5.86. The van der Waals surface area contributed by atoms with Crippen molar-refractivity contribution in [2.24, 2.45) is 5.73 Å². The van der Waals surface area contributed by atoms with Gasteiger partial charge in [-0.15, -0.1) is 11.3 Å². The van der Waals surface area contributed by atoms with Crippen LogP contribution in [0.4, 0.5) is 0 Å². The summed E-state index contributed by atoms with van der Waals surface area (Å²) < 4.78 is 0. The predicted molar refractivity (Wildman–Crippen MR) is 73.0 cm³/mol. The fraction of sp³-hybridized carbons (Fsp3) is 0.462. The highest BCUT2D eigenvalue weighted by Gasteiger charge is 2.13. The lowest BCUT2D eigenvalue weighted by atomic mass is 10.2. The molecule has 0 saturated carbocycles. The molecule has 0 atom stereocenters. The number of nitrogens with two attached hydrogens (primary N) is 1. The summed E-state index contributed by atoms with van der Waals surface area (Å²) in [6.45, 7) is 4.87. The SMILES string of the molecule is CC(C)N(CC(N)=O)Cc1cc(C#CCO)cs1. The van der Waals surface area contributed by atoms with Gasteiger partial charge in [-0.3, -0.25) is 9.69 Å². The molecule has 1 heterocycles. The zero-order chi connectivity index (χ0) is 13.5. The molecule has 0 aromatic carbocycles. The molecule has 1 aromatic rings. The number of carbonyl (C=O) groups excluding carboxylic acids is 1. The Morgan fingerprint density at radius 1 is 1.61 bits per heavy atom. The normalized spacial score (nSPS) is 10.5. The van der Waals surface area contributed by atoms with E-state index in [1.807, 2.05) is 30.2 Å². The molecule has 18 heavy (non-hydrogen) atoms. The molecule has 4 nitrogen and oxygen atoms in total. The van der Waals surface area contributed by atoms with Crippen LogP contribution in [0.25, 0.3) is 0 Å². The second kappa shape index (κ2) is 7.17. The summed E-state index contributed by atoms with van der Waals surface area (Å²) in [6, 6.07) is 2.23. The maximum absolute atomic E-state index is 11.0. The van der Waals surface area contributed by atoms with Gasteiger partial charge in [0.25, 0.3) is 0 Å². The van der Waals surface area contributed by atoms with Crippen LogP contribution in [-0.2, 0) is 11.3 Å². The van der Waals surface area contributed by atoms with E-state index in [9.17, 15) is 4.79 Å². The minimum atomic E-state index is -0.319. The summed E-state index contributed by atoms with van der Waals surface area (Å²) >= 11 is 1.59. The van der Waals surface area contributed by atoms with Gasteiger partial charge < -0.3 is 10.8 Å². The topological polar surface area (TPSA) is 66.6 Å².